The van der Waals surface area contributed by atoms with Crippen molar-refractivity contribution in [2.45, 2.75) is 43.7 Å². The molecule has 2 fully saturated rings. The van der Waals surface area contributed by atoms with Crippen molar-refractivity contribution >= 4 is 12.0 Å². The molecular weight excluding hydrogens is 390 g/mol. The standard InChI is InChI=1S/C26H31NO4/c1-30-20-13-10-19(11-14-20)12-15-24(28)27-18-17-26(29)16-6-5-8-22(26)25(27)21-7-3-4-9-23(21)31-2/h3-4,7,9-15,22,25,29H,5-6,8,16-18H2,1-2H3/b15-12+/t22?,25-,26?/m0/s1. The third-order valence-corrected chi connectivity index (χ3v) is 6.84. The lowest BCUT2D eigenvalue weighted by molar-refractivity contribution is -0.151. The Morgan fingerprint density at radius 2 is 1.84 bits per heavy atom. The Hall–Kier alpha value is -2.79. The van der Waals surface area contributed by atoms with Crippen LogP contribution in [0.2, 0.25) is 0 Å². The molecule has 2 unspecified atom stereocenters. The second-order valence-corrected chi connectivity index (χ2v) is 8.53. The maximum absolute atomic E-state index is 13.3. The van der Waals surface area contributed by atoms with E-state index in [1.54, 1.807) is 20.3 Å². The fourth-order valence-electron chi connectivity index (χ4n) is 5.20. The van der Waals surface area contributed by atoms with Gasteiger partial charge in [-0.15, -0.1) is 0 Å². The van der Waals surface area contributed by atoms with E-state index in [1.165, 1.54) is 0 Å². The predicted octanol–water partition coefficient (Wildman–Crippen LogP) is 4.61. The van der Waals surface area contributed by atoms with Crippen molar-refractivity contribution < 1.29 is 19.4 Å². The van der Waals surface area contributed by atoms with Gasteiger partial charge < -0.3 is 19.5 Å². The number of nitrogens with zero attached hydrogens (tertiary/aromatic N) is 1. The second kappa shape index (κ2) is 9.15. The van der Waals surface area contributed by atoms with Gasteiger partial charge in [-0.05, 0) is 49.1 Å². The second-order valence-electron chi connectivity index (χ2n) is 8.53. The molecule has 4 rings (SSSR count). The van der Waals surface area contributed by atoms with Crippen molar-refractivity contribution in [3.05, 3.63) is 65.7 Å². The maximum atomic E-state index is 13.3. The number of amides is 1. The number of rotatable bonds is 5. The van der Waals surface area contributed by atoms with Gasteiger partial charge in [0.25, 0.3) is 0 Å². The van der Waals surface area contributed by atoms with Gasteiger partial charge in [0.1, 0.15) is 11.5 Å². The van der Waals surface area contributed by atoms with Crippen LogP contribution >= 0.6 is 0 Å². The summed E-state index contributed by atoms with van der Waals surface area (Å²) < 4.78 is 10.8. The third kappa shape index (κ3) is 4.33. The van der Waals surface area contributed by atoms with E-state index >= 15 is 0 Å². The number of carbonyl (C=O) groups excluding carboxylic acids is 1. The third-order valence-electron chi connectivity index (χ3n) is 6.84. The van der Waals surface area contributed by atoms with Crippen LogP contribution in [0.15, 0.2) is 54.6 Å². The molecule has 5 heteroatoms. The van der Waals surface area contributed by atoms with Crippen LogP contribution < -0.4 is 9.47 Å². The molecule has 0 bridgehead atoms. The van der Waals surface area contributed by atoms with E-state index in [2.05, 4.69) is 0 Å². The zero-order chi connectivity index (χ0) is 21.8. The van der Waals surface area contributed by atoms with Crippen molar-refractivity contribution in [1.82, 2.24) is 4.90 Å². The molecule has 1 heterocycles. The van der Waals surface area contributed by atoms with Crippen LogP contribution in [0.25, 0.3) is 6.08 Å². The van der Waals surface area contributed by atoms with Crippen LogP contribution in [0.3, 0.4) is 0 Å². The number of piperidine rings is 1. The molecule has 2 aromatic rings. The average Bonchev–Trinajstić information content (AvgIpc) is 2.81. The van der Waals surface area contributed by atoms with E-state index in [-0.39, 0.29) is 17.9 Å². The number of fused-ring (bicyclic) bond motifs is 1. The summed E-state index contributed by atoms with van der Waals surface area (Å²) in [5.41, 5.74) is 1.19. The quantitative estimate of drug-likeness (QED) is 0.716. The first-order chi connectivity index (χ1) is 15.1. The van der Waals surface area contributed by atoms with Gasteiger partial charge in [0.05, 0.1) is 25.9 Å². The minimum absolute atomic E-state index is 0.00429. The number of carbonyl (C=O) groups is 1. The minimum Gasteiger partial charge on any atom is -0.497 e. The topological polar surface area (TPSA) is 59.0 Å². The van der Waals surface area contributed by atoms with E-state index in [0.29, 0.717) is 13.0 Å². The van der Waals surface area contributed by atoms with E-state index in [4.69, 9.17) is 9.47 Å². The first kappa shape index (κ1) is 21.4. The van der Waals surface area contributed by atoms with Gasteiger partial charge in [-0.1, -0.05) is 43.2 Å². The highest BCUT2D eigenvalue weighted by Gasteiger charge is 2.50. The monoisotopic (exact) mass is 421 g/mol. The fraction of sp³-hybridized carbons (Fsp3) is 0.423. The Balaban J connectivity index is 1.65. The molecule has 1 N–H and O–H groups in total. The molecule has 1 amide bonds. The zero-order valence-corrected chi connectivity index (χ0v) is 18.3. The highest BCUT2D eigenvalue weighted by molar-refractivity contribution is 5.92. The largest absolute Gasteiger partial charge is 0.497 e. The van der Waals surface area contributed by atoms with E-state index in [9.17, 15) is 9.90 Å². The number of benzene rings is 2. The van der Waals surface area contributed by atoms with E-state index in [0.717, 1.165) is 48.3 Å². The highest BCUT2D eigenvalue weighted by Crippen LogP contribution is 2.50. The van der Waals surface area contributed by atoms with Crippen LogP contribution in [-0.2, 0) is 4.79 Å². The summed E-state index contributed by atoms with van der Waals surface area (Å²) in [7, 11) is 3.29. The van der Waals surface area contributed by atoms with Gasteiger partial charge in [0, 0.05) is 24.1 Å². The Morgan fingerprint density at radius 3 is 2.58 bits per heavy atom. The summed E-state index contributed by atoms with van der Waals surface area (Å²) in [6.45, 7) is 0.529. The van der Waals surface area contributed by atoms with Crippen molar-refractivity contribution in [3.8, 4) is 11.5 Å². The molecule has 1 aliphatic heterocycles. The van der Waals surface area contributed by atoms with E-state index < -0.39 is 5.60 Å². The Labute approximate surface area is 184 Å². The van der Waals surface area contributed by atoms with Crippen molar-refractivity contribution in [3.63, 3.8) is 0 Å². The lowest BCUT2D eigenvalue weighted by Gasteiger charge is -2.52. The Morgan fingerprint density at radius 1 is 1.06 bits per heavy atom. The number of methoxy groups -OCH3 is 2. The predicted molar refractivity (Wildman–Crippen MR) is 121 cm³/mol. The summed E-state index contributed by atoms with van der Waals surface area (Å²) in [5, 5.41) is 11.4. The molecule has 1 saturated heterocycles. The van der Waals surface area contributed by atoms with Crippen LogP contribution in [0.5, 0.6) is 11.5 Å². The van der Waals surface area contributed by atoms with Gasteiger partial charge in [-0.25, -0.2) is 0 Å². The minimum atomic E-state index is -0.722. The van der Waals surface area contributed by atoms with Crippen LogP contribution in [0.4, 0.5) is 0 Å². The number of hydrogen-bond donors (Lipinski definition) is 1. The molecule has 31 heavy (non-hydrogen) atoms. The summed E-state index contributed by atoms with van der Waals surface area (Å²) in [6.07, 6.45) is 7.91. The number of ether oxygens (including phenoxy) is 2. The number of para-hydroxylation sites is 1. The van der Waals surface area contributed by atoms with Crippen LogP contribution in [0, 0.1) is 5.92 Å². The summed E-state index contributed by atoms with van der Waals surface area (Å²) in [4.78, 5) is 15.3. The number of hydrogen-bond acceptors (Lipinski definition) is 4. The van der Waals surface area contributed by atoms with Crippen molar-refractivity contribution in [2.75, 3.05) is 20.8 Å². The SMILES string of the molecule is COc1ccc(/C=C/C(=O)N2CCC3(O)CCCCC3[C@@H]2c2ccccc2OC)cc1. The van der Waals surface area contributed by atoms with Crippen molar-refractivity contribution in [2.24, 2.45) is 5.92 Å². The molecule has 0 aromatic heterocycles. The normalized spacial score (nSPS) is 25.8. The number of aliphatic hydroxyl groups is 1. The Bertz CT molecular complexity index is 939. The van der Waals surface area contributed by atoms with E-state index in [1.807, 2.05) is 59.5 Å². The fourth-order valence-corrected chi connectivity index (χ4v) is 5.20. The molecule has 0 radical (unpaired) electrons. The average molecular weight is 422 g/mol. The summed E-state index contributed by atoms with van der Waals surface area (Å²) in [5.74, 6) is 1.51. The van der Waals surface area contributed by atoms with Gasteiger partial charge in [0.2, 0.25) is 5.91 Å². The molecule has 5 nitrogen and oxygen atoms in total. The summed E-state index contributed by atoms with van der Waals surface area (Å²) >= 11 is 0. The van der Waals surface area contributed by atoms with Gasteiger partial charge in [0.15, 0.2) is 0 Å². The smallest absolute Gasteiger partial charge is 0.247 e. The zero-order valence-electron chi connectivity index (χ0n) is 18.3. The molecule has 2 aliphatic rings. The van der Waals surface area contributed by atoms with Gasteiger partial charge >= 0.3 is 0 Å². The molecule has 1 saturated carbocycles. The Kier molecular flexibility index (Phi) is 6.33. The van der Waals surface area contributed by atoms with Gasteiger partial charge in [-0.3, -0.25) is 4.79 Å². The maximum Gasteiger partial charge on any atom is 0.247 e. The highest BCUT2D eigenvalue weighted by atomic mass is 16.5. The van der Waals surface area contributed by atoms with Crippen molar-refractivity contribution in [1.29, 1.82) is 0 Å². The molecular formula is C26H31NO4. The molecule has 3 atom stereocenters. The molecule has 1 aliphatic carbocycles. The lowest BCUT2D eigenvalue weighted by Crippen LogP contribution is -2.56. The number of likely N-dealkylation sites (tertiary alicyclic amines) is 1. The molecule has 164 valence electrons. The summed E-state index contributed by atoms with van der Waals surface area (Å²) in [6, 6.07) is 15.3. The van der Waals surface area contributed by atoms with Crippen LogP contribution in [-0.4, -0.2) is 42.3 Å². The van der Waals surface area contributed by atoms with Gasteiger partial charge in [-0.2, -0.15) is 0 Å². The van der Waals surface area contributed by atoms with Crippen LogP contribution in [0.1, 0.15) is 49.3 Å². The lowest BCUT2D eigenvalue weighted by atomic mass is 9.66. The first-order valence-electron chi connectivity index (χ1n) is 11.0. The first-order valence-corrected chi connectivity index (χ1v) is 11.0. The molecule has 2 aromatic carbocycles. The molecule has 0 spiro atoms.